The van der Waals surface area contributed by atoms with Gasteiger partial charge in [0.1, 0.15) is 0 Å². The van der Waals surface area contributed by atoms with E-state index in [4.69, 9.17) is 4.99 Å². The van der Waals surface area contributed by atoms with Crippen molar-refractivity contribution < 1.29 is 0 Å². The number of hydrogen-bond acceptors (Lipinski definition) is 3. The Morgan fingerprint density at radius 2 is 1.84 bits per heavy atom. The van der Waals surface area contributed by atoms with Crippen molar-refractivity contribution >= 4 is 34.3 Å². The molecule has 19 heavy (non-hydrogen) atoms. The summed E-state index contributed by atoms with van der Waals surface area (Å²) < 4.78 is 0. The van der Waals surface area contributed by atoms with Gasteiger partial charge in [0.15, 0.2) is 0 Å². The second kappa shape index (κ2) is 5.53. The lowest BCUT2D eigenvalue weighted by Gasteiger charge is -2.26. The van der Waals surface area contributed by atoms with Crippen molar-refractivity contribution in [2.45, 2.75) is 33.6 Å². The van der Waals surface area contributed by atoms with E-state index in [-0.39, 0.29) is 17.0 Å². The van der Waals surface area contributed by atoms with Crippen LogP contribution in [0.4, 0.5) is 11.4 Å². The summed E-state index contributed by atoms with van der Waals surface area (Å²) in [7, 11) is 0. The summed E-state index contributed by atoms with van der Waals surface area (Å²) in [5, 5.41) is 0. The molecule has 0 aliphatic carbocycles. The zero-order valence-corrected chi connectivity index (χ0v) is 13.7. The molecule has 4 heteroatoms. The summed E-state index contributed by atoms with van der Waals surface area (Å²) in [5.41, 5.74) is 5.44. The lowest BCUT2D eigenvalue weighted by atomic mass is 10.1. The third-order valence-electron chi connectivity index (χ3n) is 3.90. The van der Waals surface area contributed by atoms with Crippen molar-refractivity contribution in [1.29, 1.82) is 0 Å². The molecule has 0 amide bonds. The number of guanidine groups is 1. The molecule has 104 valence electrons. The molecule has 0 bridgehead atoms. The second-order valence-electron chi connectivity index (χ2n) is 5.26. The summed E-state index contributed by atoms with van der Waals surface area (Å²) in [5.74, 6) is 1.17. The van der Waals surface area contributed by atoms with Gasteiger partial charge in [0.25, 0.3) is 0 Å². The largest absolute Gasteiger partial charge is 0.310 e. The van der Waals surface area contributed by atoms with E-state index in [2.05, 4.69) is 42.7 Å². The summed E-state index contributed by atoms with van der Waals surface area (Å²) >= 11 is 0. The Morgan fingerprint density at radius 1 is 1.16 bits per heavy atom. The lowest BCUT2D eigenvalue weighted by Crippen LogP contribution is -2.42. The minimum absolute atomic E-state index is 0. The molecule has 3 nitrogen and oxygen atoms in total. The molecule has 2 aliphatic rings. The van der Waals surface area contributed by atoms with Crippen molar-refractivity contribution in [3.8, 4) is 0 Å². The third kappa shape index (κ3) is 2.27. The number of anilines is 2. The van der Waals surface area contributed by atoms with E-state index in [0.29, 0.717) is 0 Å². The summed E-state index contributed by atoms with van der Waals surface area (Å²) in [6, 6.07) is 4.64. The van der Waals surface area contributed by atoms with Crippen LogP contribution in [0.15, 0.2) is 17.1 Å². The maximum Gasteiger partial charge on any atom is 0.205 e. The molecule has 0 spiro atoms. The van der Waals surface area contributed by atoms with Crippen molar-refractivity contribution in [3.05, 3.63) is 23.3 Å². The van der Waals surface area contributed by atoms with Gasteiger partial charge in [-0.15, -0.1) is 17.0 Å². The van der Waals surface area contributed by atoms with Gasteiger partial charge in [-0.05, 0) is 49.9 Å². The van der Waals surface area contributed by atoms with Crippen LogP contribution in [0.2, 0.25) is 0 Å². The number of benzene rings is 1. The van der Waals surface area contributed by atoms with Gasteiger partial charge in [-0.1, -0.05) is 6.92 Å². The number of aliphatic imine (C=N–C) groups is 1. The Hall–Kier alpha value is -1.03. The maximum absolute atomic E-state index is 4.73. The molecule has 0 saturated heterocycles. The molecule has 0 radical (unpaired) electrons. The predicted molar refractivity (Wildman–Crippen MR) is 88.1 cm³/mol. The molecule has 3 rings (SSSR count). The smallest absolute Gasteiger partial charge is 0.205 e. The monoisotopic (exact) mass is 323 g/mol. The number of aryl methyl sites for hydroxylation is 2. The Balaban J connectivity index is 0.00000133. The second-order valence-corrected chi connectivity index (χ2v) is 5.26. The minimum Gasteiger partial charge on any atom is -0.310 e. The normalized spacial score (nSPS) is 16.7. The van der Waals surface area contributed by atoms with Crippen LogP contribution in [0.25, 0.3) is 0 Å². The van der Waals surface area contributed by atoms with E-state index >= 15 is 0 Å². The molecule has 0 unspecified atom stereocenters. The van der Waals surface area contributed by atoms with Gasteiger partial charge in [0.2, 0.25) is 5.96 Å². The van der Waals surface area contributed by atoms with Gasteiger partial charge in [0, 0.05) is 19.6 Å². The molecular weight excluding hydrogens is 302 g/mol. The molecular formula is C15H22BrN3. The van der Waals surface area contributed by atoms with Crippen LogP contribution in [0, 0.1) is 13.8 Å². The first-order chi connectivity index (χ1) is 8.72. The molecule has 0 saturated carbocycles. The van der Waals surface area contributed by atoms with Crippen molar-refractivity contribution in [1.82, 2.24) is 0 Å². The Bertz CT molecular complexity index is 510. The summed E-state index contributed by atoms with van der Waals surface area (Å²) in [6.45, 7) is 9.75. The van der Waals surface area contributed by atoms with Crippen LogP contribution in [-0.2, 0) is 0 Å². The van der Waals surface area contributed by atoms with Gasteiger partial charge in [-0.3, -0.25) is 4.99 Å². The number of rotatable bonds is 2. The summed E-state index contributed by atoms with van der Waals surface area (Å²) in [4.78, 5) is 9.51. The van der Waals surface area contributed by atoms with Crippen molar-refractivity contribution in [3.63, 3.8) is 0 Å². The summed E-state index contributed by atoms with van der Waals surface area (Å²) in [6.07, 6.45) is 2.31. The SMILES string of the molecule is Br.CCCN1C2=NCCCN2c2cc(C)c(C)cc21. The highest BCUT2D eigenvalue weighted by molar-refractivity contribution is 8.93. The van der Waals surface area contributed by atoms with Crippen LogP contribution in [0.5, 0.6) is 0 Å². The fraction of sp³-hybridized carbons (Fsp3) is 0.533. The van der Waals surface area contributed by atoms with Gasteiger partial charge >= 0.3 is 0 Å². The van der Waals surface area contributed by atoms with Gasteiger partial charge in [-0.25, -0.2) is 0 Å². The van der Waals surface area contributed by atoms with Gasteiger partial charge in [-0.2, -0.15) is 0 Å². The quantitative estimate of drug-likeness (QED) is 0.826. The van der Waals surface area contributed by atoms with Crippen LogP contribution >= 0.6 is 17.0 Å². The standard InChI is InChI=1S/C15H21N3.BrH/c1-4-7-17-13-9-11(2)12(3)10-14(13)18-8-5-6-16-15(17)18;/h9-10H,4-8H2,1-3H3;1H. The predicted octanol–water partition coefficient (Wildman–Crippen LogP) is 3.68. The molecule has 2 aliphatic heterocycles. The van der Waals surface area contributed by atoms with Crippen LogP contribution < -0.4 is 9.80 Å². The Morgan fingerprint density at radius 3 is 2.53 bits per heavy atom. The van der Waals surface area contributed by atoms with E-state index in [0.717, 1.165) is 32.5 Å². The maximum atomic E-state index is 4.73. The first-order valence-electron chi connectivity index (χ1n) is 6.93. The fourth-order valence-corrected chi connectivity index (χ4v) is 2.82. The first kappa shape index (κ1) is 14.4. The van der Waals surface area contributed by atoms with E-state index in [1.807, 2.05) is 0 Å². The average Bonchev–Trinajstić information content (AvgIpc) is 2.66. The van der Waals surface area contributed by atoms with E-state index in [1.165, 1.54) is 28.5 Å². The average molecular weight is 324 g/mol. The minimum atomic E-state index is 0. The van der Waals surface area contributed by atoms with Crippen molar-refractivity contribution in [2.75, 3.05) is 29.4 Å². The first-order valence-corrected chi connectivity index (χ1v) is 6.93. The highest BCUT2D eigenvalue weighted by Gasteiger charge is 2.33. The number of hydrogen-bond donors (Lipinski definition) is 0. The van der Waals surface area contributed by atoms with Crippen molar-refractivity contribution in [2.24, 2.45) is 4.99 Å². The molecule has 1 aromatic rings. The Labute approximate surface area is 126 Å². The highest BCUT2D eigenvalue weighted by atomic mass is 79.9. The topological polar surface area (TPSA) is 18.8 Å². The molecule has 0 fully saturated rings. The molecule has 2 heterocycles. The fourth-order valence-electron chi connectivity index (χ4n) is 2.82. The van der Waals surface area contributed by atoms with Crippen LogP contribution in [-0.4, -0.2) is 25.6 Å². The number of halogens is 1. The van der Waals surface area contributed by atoms with Crippen LogP contribution in [0.3, 0.4) is 0 Å². The van der Waals surface area contributed by atoms with E-state index in [9.17, 15) is 0 Å². The molecule has 0 N–H and O–H groups in total. The molecule has 1 aromatic carbocycles. The van der Waals surface area contributed by atoms with E-state index < -0.39 is 0 Å². The Kier molecular flexibility index (Phi) is 4.19. The number of fused-ring (bicyclic) bond motifs is 3. The molecule has 0 atom stereocenters. The third-order valence-corrected chi connectivity index (χ3v) is 3.90. The van der Waals surface area contributed by atoms with Gasteiger partial charge < -0.3 is 9.80 Å². The lowest BCUT2D eigenvalue weighted by molar-refractivity contribution is 0.781. The van der Waals surface area contributed by atoms with E-state index in [1.54, 1.807) is 0 Å². The molecule has 0 aromatic heterocycles. The van der Waals surface area contributed by atoms with Crippen LogP contribution in [0.1, 0.15) is 30.9 Å². The highest BCUT2D eigenvalue weighted by Crippen LogP contribution is 2.40. The number of nitrogens with zero attached hydrogens (tertiary/aromatic N) is 3. The van der Waals surface area contributed by atoms with Gasteiger partial charge in [0.05, 0.1) is 11.4 Å². The zero-order chi connectivity index (χ0) is 12.7. The zero-order valence-electron chi connectivity index (χ0n) is 11.9.